The van der Waals surface area contributed by atoms with E-state index in [1.165, 1.54) is 19.5 Å². The molecule has 1 unspecified atom stereocenters. The molecule has 1 heterocycles. The molecular weight excluding hydrogens is 123 g/mol. The summed E-state index contributed by atoms with van der Waals surface area (Å²) in [7, 11) is 1.24. The van der Waals surface area contributed by atoms with Gasteiger partial charge in [-0.25, -0.2) is 4.99 Å². The van der Waals surface area contributed by atoms with Crippen molar-refractivity contribution in [3.8, 4) is 0 Å². The Morgan fingerprint density at radius 2 is 2.56 bits per heavy atom. The third kappa shape index (κ3) is 1.26. The van der Waals surface area contributed by atoms with Crippen LogP contribution in [0.2, 0.25) is 0 Å². The number of nitrogens with one attached hydrogen (secondary N) is 1. The van der Waals surface area contributed by atoms with Crippen molar-refractivity contribution in [3.05, 3.63) is 12.3 Å². The summed E-state index contributed by atoms with van der Waals surface area (Å²) in [4.78, 5) is 3.37. The molecule has 0 amide bonds. The van der Waals surface area contributed by atoms with E-state index in [2.05, 4.69) is 15.0 Å². The zero-order valence-corrected chi connectivity index (χ0v) is 4.97. The first-order chi connectivity index (χ1) is 4.27. The number of nitrogens with zero attached hydrogens (tertiary/aromatic N) is 1. The topological polar surface area (TPSA) is 33.6 Å². The molecule has 9 heavy (non-hydrogen) atoms. The molecule has 50 valence electrons. The first-order valence-electron chi connectivity index (χ1n) is 2.49. The van der Waals surface area contributed by atoms with Gasteiger partial charge in [0.25, 0.3) is 0 Å². The van der Waals surface area contributed by atoms with Crippen LogP contribution in [0.3, 0.4) is 0 Å². The van der Waals surface area contributed by atoms with Crippen molar-refractivity contribution in [3.63, 3.8) is 0 Å². The lowest BCUT2D eigenvalue weighted by molar-refractivity contribution is -0.130. The summed E-state index contributed by atoms with van der Waals surface area (Å²) in [5, 5.41) is 2.28. The first-order valence-corrected chi connectivity index (χ1v) is 2.49. The minimum atomic E-state index is -2.05. The maximum absolute atomic E-state index is 12.7. The molecule has 0 aromatic carbocycles. The molecule has 0 aliphatic carbocycles. The second-order valence-electron chi connectivity index (χ2n) is 1.55. The van der Waals surface area contributed by atoms with Gasteiger partial charge in [-0.05, 0) is 6.08 Å². The smallest absolute Gasteiger partial charge is 0.317 e. The maximum Gasteiger partial charge on any atom is 0.393 e. The summed E-state index contributed by atoms with van der Waals surface area (Å²) in [6.07, 6.45) is 2.29. The highest BCUT2D eigenvalue weighted by Crippen LogP contribution is 2.10. The Kier molecular flexibility index (Phi) is 1.48. The van der Waals surface area contributed by atoms with Crippen LogP contribution in [0.1, 0.15) is 0 Å². The molecule has 1 N–H and O–H groups in total. The highest BCUT2D eigenvalue weighted by Gasteiger charge is 2.26. The summed E-state index contributed by atoms with van der Waals surface area (Å²) >= 11 is 0. The Bertz CT molecular complexity index is 157. The molecular formula is C5H7FN2O. The Labute approximate surface area is 52.2 Å². The molecule has 0 fully saturated rings. The fraction of sp³-hybridized carbons (Fsp3) is 0.400. The van der Waals surface area contributed by atoms with Crippen molar-refractivity contribution in [1.29, 1.82) is 0 Å². The molecule has 1 rings (SSSR count). The quantitative estimate of drug-likeness (QED) is 0.521. The van der Waals surface area contributed by atoms with Crippen molar-refractivity contribution in [2.24, 2.45) is 4.99 Å². The fourth-order valence-corrected chi connectivity index (χ4v) is 0.482. The molecule has 1 aliphatic heterocycles. The number of ether oxygens (including phenoxy) is 1. The number of hydrogen-bond acceptors (Lipinski definition) is 3. The molecule has 1 atom stereocenters. The number of hydrogen-bond donors (Lipinski definition) is 1. The van der Waals surface area contributed by atoms with E-state index in [0.717, 1.165) is 0 Å². The van der Waals surface area contributed by atoms with Crippen LogP contribution in [0.4, 0.5) is 4.39 Å². The van der Waals surface area contributed by atoms with Crippen molar-refractivity contribution in [1.82, 2.24) is 5.32 Å². The summed E-state index contributed by atoms with van der Waals surface area (Å²) in [6.45, 7) is 0. The second-order valence-corrected chi connectivity index (χ2v) is 1.55. The van der Waals surface area contributed by atoms with Crippen molar-refractivity contribution in [2.45, 2.75) is 6.10 Å². The highest BCUT2D eigenvalue weighted by atomic mass is 19.2. The lowest BCUT2D eigenvalue weighted by atomic mass is 10.6. The molecule has 0 radical (unpaired) electrons. The maximum atomic E-state index is 12.7. The molecule has 3 nitrogen and oxygen atoms in total. The van der Waals surface area contributed by atoms with Crippen LogP contribution in [0.25, 0.3) is 0 Å². The molecule has 4 heteroatoms. The monoisotopic (exact) mass is 130 g/mol. The van der Waals surface area contributed by atoms with Crippen molar-refractivity contribution >= 4 is 6.21 Å². The van der Waals surface area contributed by atoms with Crippen LogP contribution >= 0.6 is 0 Å². The van der Waals surface area contributed by atoms with Gasteiger partial charge in [0, 0.05) is 19.5 Å². The zero-order chi connectivity index (χ0) is 6.74. The minimum Gasteiger partial charge on any atom is -0.317 e. The number of methoxy groups -OCH3 is 1. The van der Waals surface area contributed by atoms with Gasteiger partial charge in [0.2, 0.25) is 0 Å². The van der Waals surface area contributed by atoms with Crippen LogP contribution < -0.4 is 5.32 Å². The molecule has 0 saturated carbocycles. The van der Waals surface area contributed by atoms with E-state index in [-0.39, 0.29) is 0 Å². The van der Waals surface area contributed by atoms with Crippen LogP contribution in [0, 0.1) is 0 Å². The molecule has 0 aromatic heterocycles. The van der Waals surface area contributed by atoms with Gasteiger partial charge in [-0.15, -0.1) is 0 Å². The van der Waals surface area contributed by atoms with Gasteiger partial charge in [-0.2, -0.15) is 4.39 Å². The van der Waals surface area contributed by atoms with E-state index >= 15 is 0 Å². The van der Waals surface area contributed by atoms with Gasteiger partial charge in [0.1, 0.15) is 0 Å². The lowest BCUT2D eigenvalue weighted by Crippen LogP contribution is -2.38. The van der Waals surface area contributed by atoms with E-state index in [9.17, 15) is 4.39 Å². The molecule has 0 bridgehead atoms. The average Bonchev–Trinajstić information content (AvgIpc) is 1.90. The van der Waals surface area contributed by atoms with Gasteiger partial charge in [-0.1, -0.05) is 0 Å². The van der Waals surface area contributed by atoms with Gasteiger partial charge >= 0.3 is 6.10 Å². The van der Waals surface area contributed by atoms with Gasteiger partial charge < -0.3 is 10.1 Å². The summed E-state index contributed by atoms with van der Waals surface area (Å²) < 4.78 is 17.1. The fourth-order valence-electron chi connectivity index (χ4n) is 0.482. The van der Waals surface area contributed by atoms with Gasteiger partial charge in [0.05, 0.1) is 0 Å². The normalized spacial score (nSPS) is 32.2. The van der Waals surface area contributed by atoms with Crippen LogP contribution in [0.15, 0.2) is 17.3 Å². The van der Waals surface area contributed by atoms with Crippen molar-refractivity contribution in [2.75, 3.05) is 7.11 Å². The Balaban J connectivity index is 2.63. The van der Waals surface area contributed by atoms with Crippen LogP contribution in [0.5, 0.6) is 0 Å². The molecule has 1 aliphatic rings. The average molecular weight is 130 g/mol. The van der Waals surface area contributed by atoms with Gasteiger partial charge in [0.15, 0.2) is 0 Å². The predicted octanol–water partition coefficient (Wildman–Crippen LogP) is 0.401. The SMILES string of the molecule is COC1(F)N=CC=CN1. The van der Waals surface area contributed by atoms with E-state index in [0.29, 0.717) is 0 Å². The number of halogens is 1. The Hall–Kier alpha value is -0.900. The van der Waals surface area contributed by atoms with Crippen LogP contribution in [-0.2, 0) is 4.74 Å². The Morgan fingerprint density at radius 3 is 2.89 bits per heavy atom. The molecule has 0 aromatic rings. The van der Waals surface area contributed by atoms with Crippen molar-refractivity contribution < 1.29 is 9.13 Å². The number of aliphatic imine (C=N–C) groups is 1. The second kappa shape index (κ2) is 2.14. The number of rotatable bonds is 1. The Morgan fingerprint density at radius 1 is 1.78 bits per heavy atom. The van der Waals surface area contributed by atoms with E-state index < -0.39 is 6.10 Å². The van der Waals surface area contributed by atoms with Gasteiger partial charge in [-0.3, -0.25) is 0 Å². The van der Waals surface area contributed by atoms with E-state index in [1.54, 1.807) is 6.08 Å². The first kappa shape index (κ1) is 6.22. The summed E-state index contributed by atoms with van der Waals surface area (Å²) in [5.41, 5.74) is 0. The standard InChI is InChI=1S/C5H7FN2O/c1-9-5(6)7-3-2-4-8-5/h2-4,7H,1H3. The third-order valence-electron chi connectivity index (χ3n) is 0.955. The number of alkyl halides is 1. The van der Waals surface area contributed by atoms with E-state index in [4.69, 9.17) is 0 Å². The highest BCUT2D eigenvalue weighted by molar-refractivity contribution is 5.71. The number of allylic oxidation sites excluding steroid dienone is 1. The molecule has 0 saturated heterocycles. The minimum absolute atomic E-state index is 1.24. The van der Waals surface area contributed by atoms with Crippen LogP contribution in [-0.4, -0.2) is 19.4 Å². The molecule has 0 spiro atoms. The third-order valence-corrected chi connectivity index (χ3v) is 0.955. The zero-order valence-electron chi connectivity index (χ0n) is 4.97. The summed E-state index contributed by atoms with van der Waals surface area (Å²) in [6, 6.07) is 0. The van der Waals surface area contributed by atoms with E-state index in [1.807, 2.05) is 0 Å². The predicted molar refractivity (Wildman–Crippen MR) is 31.6 cm³/mol. The largest absolute Gasteiger partial charge is 0.393 e. The summed E-state index contributed by atoms with van der Waals surface area (Å²) in [5.74, 6) is 0. The lowest BCUT2D eigenvalue weighted by Gasteiger charge is -2.19.